The number of phenolic OH excluding ortho intramolecular Hbond substituents is 1. The van der Waals surface area contributed by atoms with E-state index in [0.717, 1.165) is 19.4 Å². The zero-order valence-electron chi connectivity index (χ0n) is 12.2. The first-order valence-electron chi connectivity index (χ1n) is 6.94. The van der Waals surface area contributed by atoms with Gasteiger partial charge in [0.05, 0.1) is 0 Å². The normalized spacial score (nSPS) is 13.6. The van der Waals surface area contributed by atoms with E-state index in [1.54, 1.807) is 12.1 Å². The van der Waals surface area contributed by atoms with Gasteiger partial charge in [0.15, 0.2) is 0 Å². The SMILES string of the molecule is CCCNC(CCc1ccc(O)cc1)C(C)(C)C. The van der Waals surface area contributed by atoms with Crippen LogP contribution < -0.4 is 5.32 Å². The lowest BCUT2D eigenvalue weighted by Crippen LogP contribution is -2.41. The van der Waals surface area contributed by atoms with Crippen molar-refractivity contribution in [2.45, 2.75) is 53.0 Å². The lowest BCUT2D eigenvalue weighted by atomic mass is 9.83. The van der Waals surface area contributed by atoms with Crippen LogP contribution in [-0.4, -0.2) is 17.7 Å². The molecule has 0 saturated carbocycles. The summed E-state index contributed by atoms with van der Waals surface area (Å²) in [5.74, 6) is 0.343. The molecule has 18 heavy (non-hydrogen) atoms. The number of aryl methyl sites for hydroxylation is 1. The van der Waals surface area contributed by atoms with Gasteiger partial charge < -0.3 is 10.4 Å². The van der Waals surface area contributed by atoms with Gasteiger partial charge in [0, 0.05) is 6.04 Å². The quantitative estimate of drug-likeness (QED) is 0.805. The van der Waals surface area contributed by atoms with E-state index in [-0.39, 0.29) is 5.41 Å². The third-order valence-corrected chi connectivity index (χ3v) is 3.34. The van der Waals surface area contributed by atoms with Crippen molar-refractivity contribution in [2.75, 3.05) is 6.54 Å². The molecule has 0 radical (unpaired) electrons. The van der Waals surface area contributed by atoms with Crippen LogP contribution >= 0.6 is 0 Å². The fraction of sp³-hybridized carbons (Fsp3) is 0.625. The van der Waals surface area contributed by atoms with Crippen LogP contribution in [0.25, 0.3) is 0 Å². The van der Waals surface area contributed by atoms with E-state index >= 15 is 0 Å². The Morgan fingerprint density at radius 3 is 2.28 bits per heavy atom. The standard InChI is InChI=1S/C16H27NO/c1-5-12-17-15(16(2,3)4)11-8-13-6-9-14(18)10-7-13/h6-7,9-10,15,17-18H,5,8,11-12H2,1-4H3. The van der Waals surface area contributed by atoms with Gasteiger partial charge in [0.25, 0.3) is 0 Å². The van der Waals surface area contributed by atoms with Gasteiger partial charge in [-0.15, -0.1) is 0 Å². The number of aromatic hydroxyl groups is 1. The van der Waals surface area contributed by atoms with Gasteiger partial charge in [0.2, 0.25) is 0 Å². The molecule has 1 unspecified atom stereocenters. The zero-order valence-corrected chi connectivity index (χ0v) is 12.2. The Bertz CT molecular complexity index is 337. The highest BCUT2D eigenvalue weighted by Gasteiger charge is 2.23. The molecule has 0 amide bonds. The first kappa shape index (κ1) is 15.0. The highest BCUT2D eigenvalue weighted by Crippen LogP contribution is 2.23. The second-order valence-corrected chi connectivity index (χ2v) is 6.08. The maximum atomic E-state index is 9.27. The minimum atomic E-state index is 0.284. The summed E-state index contributed by atoms with van der Waals surface area (Å²) in [5, 5.41) is 12.9. The Labute approximate surface area is 111 Å². The molecule has 1 rings (SSSR count). The summed E-state index contributed by atoms with van der Waals surface area (Å²) < 4.78 is 0. The Balaban J connectivity index is 2.53. The third-order valence-electron chi connectivity index (χ3n) is 3.34. The monoisotopic (exact) mass is 249 g/mol. The molecule has 0 aliphatic carbocycles. The van der Waals surface area contributed by atoms with Gasteiger partial charge in [-0.2, -0.15) is 0 Å². The number of rotatable bonds is 6. The molecular formula is C16H27NO. The van der Waals surface area contributed by atoms with Crippen molar-refractivity contribution in [3.63, 3.8) is 0 Å². The summed E-state index contributed by atoms with van der Waals surface area (Å²) in [5.41, 5.74) is 1.58. The van der Waals surface area contributed by atoms with Crippen LogP contribution in [0.4, 0.5) is 0 Å². The smallest absolute Gasteiger partial charge is 0.115 e. The van der Waals surface area contributed by atoms with E-state index in [4.69, 9.17) is 0 Å². The number of hydrogen-bond donors (Lipinski definition) is 2. The molecule has 2 N–H and O–H groups in total. The van der Waals surface area contributed by atoms with Crippen LogP contribution in [0.15, 0.2) is 24.3 Å². The summed E-state index contributed by atoms with van der Waals surface area (Å²) in [4.78, 5) is 0. The maximum absolute atomic E-state index is 9.27. The molecule has 1 aromatic rings. The van der Waals surface area contributed by atoms with Crippen molar-refractivity contribution in [2.24, 2.45) is 5.41 Å². The lowest BCUT2D eigenvalue weighted by molar-refractivity contribution is 0.255. The van der Waals surface area contributed by atoms with Gasteiger partial charge in [-0.25, -0.2) is 0 Å². The Hall–Kier alpha value is -1.02. The van der Waals surface area contributed by atoms with E-state index in [0.29, 0.717) is 11.8 Å². The van der Waals surface area contributed by atoms with Crippen LogP contribution in [0, 0.1) is 5.41 Å². The average molecular weight is 249 g/mol. The largest absolute Gasteiger partial charge is 0.508 e. The molecule has 0 saturated heterocycles. The van der Waals surface area contributed by atoms with Gasteiger partial charge in [-0.3, -0.25) is 0 Å². The summed E-state index contributed by atoms with van der Waals surface area (Å²) in [6.45, 7) is 10.1. The Kier molecular flexibility index (Phi) is 5.67. The van der Waals surface area contributed by atoms with E-state index in [9.17, 15) is 5.11 Å². The molecule has 0 aliphatic rings. The number of benzene rings is 1. The molecule has 102 valence electrons. The van der Waals surface area contributed by atoms with E-state index in [1.165, 1.54) is 12.0 Å². The summed E-state index contributed by atoms with van der Waals surface area (Å²) in [6, 6.07) is 8.08. The van der Waals surface area contributed by atoms with Crippen molar-refractivity contribution in [3.8, 4) is 5.75 Å². The third kappa shape index (κ3) is 5.09. The van der Waals surface area contributed by atoms with E-state index in [1.807, 2.05) is 12.1 Å². The molecule has 0 heterocycles. The van der Waals surface area contributed by atoms with Crippen molar-refractivity contribution < 1.29 is 5.11 Å². The van der Waals surface area contributed by atoms with Gasteiger partial charge in [0.1, 0.15) is 5.75 Å². The summed E-state index contributed by atoms with van der Waals surface area (Å²) in [6.07, 6.45) is 3.36. The zero-order chi connectivity index (χ0) is 13.6. The Morgan fingerprint density at radius 2 is 1.78 bits per heavy atom. The van der Waals surface area contributed by atoms with E-state index in [2.05, 4.69) is 33.0 Å². The minimum Gasteiger partial charge on any atom is -0.508 e. The summed E-state index contributed by atoms with van der Waals surface area (Å²) >= 11 is 0. The van der Waals surface area contributed by atoms with Crippen LogP contribution in [-0.2, 0) is 6.42 Å². The number of hydrogen-bond acceptors (Lipinski definition) is 2. The molecule has 0 aromatic heterocycles. The molecule has 0 fully saturated rings. The first-order chi connectivity index (χ1) is 8.43. The van der Waals surface area contributed by atoms with Gasteiger partial charge >= 0.3 is 0 Å². The highest BCUT2D eigenvalue weighted by atomic mass is 16.3. The second kappa shape index (κ2) is 6.79. The van der Waals surface area contributed by atoms with E-state index < -0.39 is 0 Å². The molecular weight excluding hydrogens is 222 g/mol. The van der Waals surface area contributed by atoms with Gasteiger partial charge in [-0.1, -0.05) is 39.8 Å². The fourth-order valence-electron chi connectivity index (χ4n) is 2.13. The van der Waals surface area contributed by atoms with Crippen LogP contribution in [0.5, 0.6) is 5.75 Å². The highest BCUT2D eigenvalue weighted by molar-refractivity contribution is 5.25. The van der Waals surface area contributed by atoms with Crippen LogP contribution in [0.1, 0.15) is 46.1 Å². The van der Waals surface area contributed by atoms with Crippen molar-refractivity contribution in [1.29, 1.82) is 0 Å². The Morgan fingerprint density at radius 1 is 1.17 bits per heavy atom. The fourth-order valence-corrected chi connectivity index (χ4v) is 2.13. The molecule has 0 spiro atoms. The topological polar surface area (TPSA) is 32.3 Å². The van der Waals surface area contributed by atoms with Crippen LogP contribution in [0.2, 0.25) is 0 Å². The molecule has 1 aromatic carbocycles. The molecule has 0 aliphatic heterocycles. The lowest BCUT2D eigenvalue weighted by Gasteiger charge is -2.32. The molecule has 1 atom stereocenters. The van der Waals surface area contributed by atoms with Crippen molar-refractivity contribution in [3.05, 3.63) is 29.8 Å². The predicted molar refractivity (Wildman–Crippen MR) is 78.0 cm³/mol. The average Bonchev–Trinajstić information content (AvgIpc) is 2.30. The molecule has 0 bridgehead atoms. The van der Waals surface area contributed by atoms with Crippen molar-refractivity contribution in [1.82, 2.24) is 5.32 Å². The maximum Gasteiger partial charge on any atom is 0.115 e. The van der Waals surface area contributed by atoms with Crippen molar-refractivity contribution >= 4 is 0 Å². The number of nitrogens with one attached hydrogen (secondary N) is 1. The predicted octanol–water partition coefficient (Wildman–Crippen LogP) is 3.74. The minimum absolute atomic E-state index is 0.284. The summed E-state index contributed by atoms with van der Waals surface area (Å²) in [7, 11) is 0. The van der Waals surface area contributed by atoms with Crippen LogP contribution in [0.3, 0.4) is 0 Å². The number of phenols is 1. The second-order valence-electron chi connectivity index (χ2n) is 6.08. The molecule has 2 nitrogen and oxygen atoms in total. The van der Waals surface area contributed by atoms with Gasteiger partial charge in [-0.05, 0) is 48.9 Å². The first-order valence-corrected chi connectivity index (χ1v) is 6.94. The molecule has 2 heteroatoms.